The number of hydrogen-bond donors (Lipinski definition) is 0. The van der Waals surface area contributed by atoms with Crippen molar-refractivity contribution in [1.82, 2.24) is 9.21 Å². The van der Waals surface area contributed by atoms with E-state index in [9.17, 15) is 13.2 Å². The van der Waals surface area contributed by atoms with Gasteiger partial charge in [-0.25, -0.2) is 8.42 Å². The van der Waals surface area contributed by atoms with Crippen LogP contribution >= 0.6 is 0 Å². The second-order valence-corrected chi connectivity index (χ2v) is 10.0. The SMILES string of the molecule is Cc1cccc(C(=O)N2CCN(S(=O)(=O)c3ccc4c(c3)CCCC4)CC2)c1C. The summed E-state index contributed by atoms with van der Waals surface area (Å²) in [6, 6.07) is 11.3. The maximum atomic E-state index is 13.1. The third-order valence-electron chi connectivity index (χ3n) is 6.32. The Kier molecular flexibility index (Phi) is 5.49. The number of nitrogens with zero attached hydrogens (tertiary/aromatic N) is 2. The maximum Gasteiger partial charge on any atom is 0.254 e. The highest BCUT2D eigenvalue weighted by atomic mass is 32.2. The van der Waals surface area contributed by atoms with E-state index >= 15 is 0 Å². The fourth-order valence-electron chi connectivity index (χ4n) is 4.30. The van der Waals surface area contributed by atoms with E-state index in [1.807, 2.05) is 44.2 Å². The molecular weight excluding hydrogens is 384 g/mol. The molecule has 0 aromatic heterocycles. The molecule has 1 aliphatic heterocycles. The summed E-state index contributed by atoms with van der Waals surface area (Å²) in [5.41, 5.74) is 5.22. The Morgan fingerprint density at radius 1 is 0.897 bits per heavy atom. The topological polar surface area (TPSA) is 57.7 Å². The predicted molar refractivity (Wildman–Crippen MR) is 114 cm³/mol. The van der Waals surface area contributed by atoms with Crippen molar-refractivity contribution in [3.8, 4) is 0 Å². The average molecular weight is 413 g/mol. The van der Waals surface area contributed by atoms with Crippen LogP contribution in [0.2, 0.25) is 0 Å². The number of aryl methyl sites for hydroxylation is 3. The lowest BCUT2D eigenvalue weighted by atomic mass is 9.92. The zero-order chi connectivity index (χ0) is 20.6. The highest BCUT2D eigenvalue weighted by Crippen LogP contribution is 2.26. The number of piperazine rings is 1. The lowest BCUT2D eigenvalue weighted by Crippen LogP contribution is -2.50. The van der Waals surface area contributed by atoms with Crippen LogP contribution in [0.3, 0.4) is 0 Å². The van der Waals surface area contributed by atoms with Gasteiger partial charge in [0.05, 0.1) is 4.90 Å². The number of benzene rings is 2. The van der Waals surface area contributed by atoms with E-state index in [0.717, 1.165) is 30.4 Å². The molecule has 0 spiro atoms. The Morgan fingerprint density at radius 2 is 1.59 bits per heavy atom. The molecule has 2 aromatic carbocycles. The molecule has 154 valence electrons. The van der Waals surface area contributed by atoms with E-state index in [1.54, 1.807) is 11.0 Å². The first-order valence-electron chi connectivity index (χ1n) is 10.4. The minimum atomic E-state index is -3.53. The summed E-state index contributed by atoms with van der Waals surface area (Å²) in [5, 5.41) is 0. The second-order valence-electron chi connectivity index (χ2n) is 8.08. The molecule has 1 fully saturated rings. The molecule has 0 bridgehead atoms. The molecule has 0 N–H and O–H groups in total. The summed E-state index contributed by atoms with van der Waals surface area (Å²) in [5.74, 6) is -0.0166. The van der Waals surface area contributed by atoms with Gasteiger partial charge in [-0.3, -0.25) is 4.79 Å². The van der Waals surface area contributed by atoms with Crippen molar-refractivity contribution < 1.29 is 13.2 Å². The van der Waals surface area contributed by atoms with Crippen LogP contribution in [0, 0.1) is 13.8 Å². The second kappa shape index (κ2) is 7.92. The largest absolute Gasteiger partial charge is 0.336 e. The minimum Gasteiger partial charge on any atom is -0.336 e. The quantitative estimate of drug-likeness (QED) is 0.777. The summed E-state index contributed by atoms with van der Waals surface area (Å²) < 4.78 is 27.8. The summed E-state index contributed by atoms with van der Waals surface area (Å²) in [4.78, 5) is 15.1. The van der Waals surface area contributed by atoms with Crippen molar-refractivity contribution in [1.29, 1.82) is 0 Å². The van der Waals surface area contributed by atoms with Gasteiger partial charge in [0.2, 0.25) is 10.0 Å². The van der Waals surface area contributed by atoms with E-state index in [0.29, 0.717) is 36.6 Å². The van der Waals surface area contributed by atoms with Gasteiger partial charge in [-0.1, -0.05) is 18.2 Å². The molecule has 0 saturated carbocycles. The third kappa shape index (κ3) is 3.83. The minimum absolute atomic E-state index is 0.0166. The van der Waals surface area contributed by atoms with Crippen molar-refractivity contribution in [3.63, 3.8) is 0 Å². The predicted octanol–water partition coefficient (Wildman–Crippen LogP) is 3.33. The number of hydrogen-bond acceptors (Lipinski definition) is 3. The fraction of sp³-hybridized carbons (Fsp3) is 0.435. The number of amides is 1. The highest BCUT2D eigenvalue weighted by molar-refractivity contribution is 7.89. The molecule has 1 amide bonds. The Balaban J connectivity index is 1.47. The van der Waals surface area contributed by atoms with Crippen molar-refractivity contribution in [2.75, 3.05) is 26.2 Å². The molecule has 5 nitrogen and oxygen atoms in total. The molecule has 1 aliphatic carbocycles. The average Bonchev–Trinajstić information content (AvgIpc) is 2.75. The number of sulfonamides is 1. The molecule has 2 aromatic rings. The van der Waals surface area contributed by atoms with Gasteiger partial charge in [-0.05, 0) is 80.0 Å². The van der Waals surface area contributed by atoms with Crippen LogP contribution in [0.4, 0.5) is 0 Å². The van der Waals surface area contributed by atoms with Crippen LogP contribution in [0.15, 0.2) is 41.3 Å². The molecule has 1 saturated heterocycles. The Hall–Kier alpha value is -2.18. The first-order chi connectivity index (χ1) is 13.9. The van der Waals surface area contributed by atoms with Gasteiger partial charge in [0.15, 0.2) is 0 Å². The number of rotatable bonds is 3. The third-order valence-corrected chi connectivity index (χ3v) is 8.21. The van der Waals surface area contributed by atoms with E-state index in [-0.39, 0.29) is 5.91 Å². The van der Waals surface area contributed by atoms with Gasteiger partial charge in [-0.2, -0.15) is 4.31 Å². The Morgan fingerprint density at radius 3 is 2.31 bits per heavy atom. The lowest BCUT2D eigenvalue weighted by molar-refractivity contribution is 0.0697. The first-order valence-corrected chi connectivity index (χ1v) is 11.8. The molecule has 6 heteroatoms. The number of fused-ring (bicyclic) bond motifs is 1. The van der Waals surface area contributed by atoms with Crippen molar-refractivity contribution in [2.24, 2.45) is 0 Å². The van der Waals surface area contributed by atoms with E-state index in [2.05, 4.69) is 0 Å². The summed E-state index contributed by atoms with van der Waals surface area (Å²) in [7, 11) is -3.53. The normalized spacial score (nSPS) is 17.8. The molecule has 1 heterocycles. The van der Waals surface area contributed by atoms with Gasteiger partial charge < -0.3 is 4.90 Å². The van der Waals surface area contributed by atoms with Crippen molar-refractivity contribution in [2.45, 2.75) is 44.4 Å². The summed E-state index contributed by atoms with van der Waals surface area (Å²) >= 11 is 0. The van der Waals surface area contributed by atoms with E-state index in [1.165, 1.54) is 21.9 Å². The molecule has 0 unspecified atom stereocenters. The van der Waals surface area contributed by atoms with Crippen molar-refractivity contribution in [3.05, 3.63) is 64.2 Å². The monoisotopic (exact) mass is 412 g/mol. The van der Waals surface area contributed by atoms with Crippen LogP contribution in [-0.2, 0) is 22.9 Å². The van der Waals surface area contributed by atoms with E-state index in [4.69, 9.17) is 0 Å². The zero-order valence-corrected chi connectivity index (χ0v) is 18.0. The first kappa shape index (κ1) is 20.1. The molecule has 2 aliphatic rings. The standard InChI is InChI=1S/C23H28N2O3S/c1-17-6-5-9-22(18(17)2)23(26)24-12-14-25(15-13-24)29(27,28)21-11-10-19-7-3-4-8-20(19)16-21/h5-6,9-11,16H,3-4,7-8,12-15H2,1-2H3. The van der Waals surface area contributed by atoms with Crippen LogP contribution < -0.4 is 0 Å². The van der Waals surface area contributed by atoms with Crippen LogP contribution in [0.25, 0.3) is 0 Å². The Bertz CT molecular complexity index is 1040. The van der Waals surface area contributed by atoms with Gasteiger partial charge in [0.25, 0.3) is 5.91 Å². The van der Waals surface area contributed by atoms with Crippen LogP contribution in [0.1, 0.15) is 45.5 Å². The van der Waals surface area contributed by atoms with Crippen LogP contribution in [-0.4, -0.2) is 49.7 Å². The highest BCUT2D eigenvalue weighted by Gasteiger charge is 2.31. The zero-order valence-electron chi connectivity index (χ0n) is 17.1. The summed E-state index contributed by atoms with van der Waals surface area (Å²) in [6.07, 6.45) is 4.29. The maximum absolute atomic E-state index is 13.1. The van der Waals surface area contributed by atoms with Gasteiger partial charge >= 0.3 is 0 Å². The van der Waals surface area contributed by atoms with Gasteiger partial charge in [0.1, 0.15) is 0 Å². The molecule has 4 rings (SSSR count). The molecule has 0 radical (unpaired) electrons. The molecule has 0 atom stereocenters. The number of carbonyl (C=O) groups is 1. The fourth-order valence-corrected chi connectivity index (χ4v) is 5.78. The molecular formula is C23H28N2O3S. The van der Waals surface area contributed by atoms with Gasteiger partial charge in [-0.15, -0.1) is 0 Å². The van der Waals surface area contributed by atoms with Crippen molar-refractivity contribution >= 4 is 15.9 Å². The summed E-state index contributed by atoms with van der Waals surface area (Å²) in [6.45, 7) is 5.44. The lowest BCUT2D eigenvalue weighted by Gasteiger charge is -2.34. The molecule has 29 heavy (non-hydrogen) atoms. The smallest absolute Gasteiger partial charge is 0.254 e. The van der Waals surface area contributed by atoms with Gasteiger partial charge in [0, 0.05) is 31.7 Å². The van der Waals surface area contributed by atoms with Crippen LogP contribution in [0.5, 0.6) is 0 Å². The van der Waals surface area contributed by atoms with E-state index < -0.39 is 10.0 Å². The Labute approximate surface area is 173 Å². The number of carbonyl (C=O) groups excluding carboxylic acids is 1.